The number of anilines is 1. The maximum atomic E-state index is 6.26. The van der Waals surface area contributed by atoms with Crippen molar-refractivity contribution in [3.8, 4) is 0 Å². The molecule has 1 fully saturated rings. The van der Waals surface area contributed by atoms with Crippen molar-refractivity contribution in [2.45, 2.75) is 19.4 Å². The van der Waals surface area contributed by atoms with Gasteiger partial charge in [-0.2, -0.15) is 0 Å². The van der Waals surface area contributed by atoms with Gasteiger partial charge in [-0.05, 0) is 31.5 Å². The van der Waals surface area contributed by atoms with E-state index in [4.69, 9.17) is 23.2 Å². The molecule has 1 saturated heterocycles. The largest absolute Gasteiger partial charge is 0.370 e. The lowest BCUT2D eigenvalue weighted by Gasteiger charge is -2.38. The first kappa shape index (κ1) is 13.0. The molecule has 1 aromatic carbocycles. The highest BCUT2D eigenvalue weighted by molar-refractivity contribution is 6.43. The summed E-state index contributed by atoms with van der Waals surface area (Å²) in [6.07, 6.45) is 1.14. The molecule has 0 spiro atoms. The fourth-order valence-corrected chi connectivity index (χ4v) is 2.94. The fourth-order valence-electron chi connectivity index (χ4n) is 2.53. The van der Waals surface area contributed by atoms with Crippen LogP contribution in [0.3, 0.4) is 0 Å². The van der Waals surface area contributed by atoms with E-state index in [1.807, 2.05) is 25.2 Å². The molecule has 0 bridgehead atoms. The number of hydrogen-bond donors (Lipinski definition) is 1. The molecule has 1 aliphatic rings. The first-order valence-electron chi connectivity index (χ1n) is 5.99. The van der Waals surface area contributed by atoms with Gasteiger partial charge in [0.15, 0.2) is 0 Å². The summed E-state index contributed by atoms with van der Waals surface area (Å²) in [5, 5.41) is 4.67. The quantitative estimate of drug-likeness (QED) is 0.888. The average molecular weight is 273 g/mol. The molecule has 4 heteroatoms. The number of nitrogens with one attached hydrogen (secondary N) is 1. The summed E-state index contributed by atoms with van der Waals surface area (Å²) >= 11 is 12.3. The van der Waals surface area contributed by atoms with Crippen molar-refractivity contribution >= 4 is 28.9 Å². The summed E-state index contributed by atoms with van der Waals surface area (Å²) in [6.45, 7) is 4.31. The maximum absolute atomic E-state index is 6.26. The van der Waals surface area contributed by atoms with Crippen molar-refractivity contribution in [2.75, 3.05) is 25.0 Å². The SMILES string of the molecule is CNC1CCN(c2cccc(Cl)c2Cl)CC1C. The minimum atomic E-state index is 0.601. The van der Waals surface area contributed by atoms with Gasteiger partial charge in [-0.3, -0.25) is 0 Å². The molecular weight excluding hydrogens is 255 g/mol. The molecular formula is C13H18Cl2N2. The number of hydrogen-bond acceptors (Lipinski definition) is 2. The van der Waals surface area contributed by atoms with E-state index in [1.54, 1.807) is 0 Å². The Hall–Kier alpha value is -0.440. The molecule has 1 N–H and O–H groups in total. The van der Waals surface area contributed by atoms with Crippen LogP contribution in [-0.2, 0) is 0 Å². The molecule has 0 aromatic heterocycles. The van der Waals surface area contributed by atoms with Gasteiger partial charge in [-0.1, -0.05) is 36.2 Å². The highest BCUT2D eigenvalue weighted by Crippen LogP contribution is 2.34. The van der Waals surface area contributed by atoms with E-state index in [0.29, 0.717) is 22.0 Å². The smallest absolute Gasteiger partial charge is 0.0825 e. The second-order valence-electron chi connectivity index (χ2n) is 4.68. The Bertz CT molecular complexity index is 395. The van der Waals surface area contributed by atoms with Gasteiger partial charge in [0.2, 0.25) is 0 Å². The van der Waals surface area contributed by atoms with E-state index in [9.17, 15) is 0 Å². The van der Waals surface area contributed by atoms with Crippen molar-refractivity contribution in [3.05, 3.63) is 28.2 Å². The van der Waals surface area contributed by atoms with Crippen LogP contribution in [0.15, 0.2) is 18.2 Å². The van der Waals surface area contributed by atoms with E-state index in [1.165, 1.54) is 0 Å². The van der Waals surface area contributed by atoms with Crippen LogP contribution in [-0.4, -0.2) is 26.2 Å². The van der Waals surface area contributed by atoms with Crippen LogP contribution in [0.2, 0.25) is 10.0 Å². The van der Waals surface area contributed by atoms with Crippen LogP contribution < -0.4 is 10.2 Å². The van der Waals surface area contributed by atoms with Crippen molar-refractivity contribution in [1.29, 1.82) is 0 Å². The summed E-state index contributed by atoms with van der Waals surface area (Å²) in [5.74, 6) is 0.615. The maximum Gasteiger partial charge on any atom is 0.0825 e. The molecule has 1 heterocycles. The summed E-state index contributed by atoms with van der Waals surface area (Å²) in [6, 6.07) is 6.43. The molecule has 2 rings (SSSR count). The van der Waals surface area contributed by atoms with Crippen LogP contribution in [0.1, 0.15) is 13.3 Å². The second-order valence-corrected chi connectivity index (χ2v) is 5.47. The molecule has 2 nitrogen and oxygen atoms in total. The third kappa shape index (κ3) is 2.70. The standard InChI is InChI=1S/C13H18Cl2N2/c1-9-8-17(7-6-11(9)16-2)12-5-3-4-10(14)13(12)15/h3-5,9,11,16H,6-8H2,1-2H3. The highest BCUT2D eigenvalue weighted by atomic mass is 35.5. The van der Waals surface area contributed by atoms with E-state index >= 15 is 0 Å². The average Bonchev–Trinajstić information content (AvgIpc) is 2.32. The van der Waals surface area contributed by atoms with E-state index in [-0.39, 0.29) is 0 Å². The lowest BCUT2D eigenvalue weighted by atomic mass is 9.93. The number of halogens is 2. The van der Waals surface area contributed by atoms with Crippen LogP contribution >= 0.6 is 23.2 Å². The van der Waals surface area contributed by atoms with Crippen molar-refractivity contribution in [2.24, 2.45) is 5.92 Å². The lowest BCUT2D eigenvalue weighted by molar-refractivity contribution is 0.339. The van der Waals surface area contributed by atoms with E-state index < -0.39 is 0 Å². The minimum absolute atomic E-state index is 0.601. The lowest BCUT2D eigenvalue weighted by Crippen LogP contribution is -2.47. The van der Waals surface area contributed by atoms with Crippen LogP contribution in [0.5, 0.6) is 0 Å². The zero-order valence-corrected chi connectivity index (χ0v) is 11.7. The summed E-state index contributed by atoms with van der Waals surface area (Å²) in [5.41, 5.74) is 1.06. The monoisotopic (exact) mass is 272 g/mol. The molecule has 0 aliphatic carbocycles. The van der Waals surface area contributed by atoms with E-state index in [2.05, 4.69) is 17.1 Å². The molecule has 0 saturated carbocycles. The predicted octanol–water partition coefficient (Wildman–Crippen LogP) is 3.43. The first-order valence-corrected chi connectivity index (χ1v) is 6.75. The zero-order valence-electron chi connectivity index (χ0n) is 10.2. The fraction of sp³-hybridized carbons (Fsp3) is 0.538. The molecule has 1 aliphatic heterocycles. The van der Waals surface area contributed by atoms with Crippen LogP contribution in [0.25, 0.3) is 0 Å². The number of rotatable bonds is 2. The second kappa shape index (κ2) is 5.47. The van der Waals surface area contributed by atoms with Gasteiger partial charge in [0.1, 0.15) is 0 Å². The van der Waals surface area contributed by atoms with Gasteiger partial charge in [-0.25, -0.2) is 0 Å². The number of piperidine rings is 1. The predicted molar refractivity (Wildman–Crippen MR) is 75.3 cm³/mol. The zero-order chi connectivity index (χ0) is 12.4. The van der Waals surface area contributed by atoms with Crippen LogP contribution in [0, 0.1) is 5.92 Å². The van der Waals surface area contributed by atoms with Gasteiger partial charge in [0.25, 0.3) is 0 Å². The molecule has 2 unspecified atom stereocenters. The normalized spacial score (nSPS) is 25.1. The van der Waals surface area contributed by atoms with Gasteiger partial charge in [-0.15, -0.1) is 0 Å². The Morgan fingerprint density at radius 1 is 1.35 bits per heavy atom. The Labute approximate surface area is 113 Å². The van der Waals surface area contributed by atoms with Gasteiger partial charge >= 0.3 is 0 Å². The molecule has 2 atom stereocenters. The Morgan fingerprint density at radius 3 is 2.76 bits per heavy atom. The topological polar surface area (TPSA) is 15.3 Å². The van der Waals surface area contributed by atoms with E-state index in [0.717, 1.165) is 25.2 Å². The number of nitrogens with zero attached hydrogens (tertiary/aromatic N) is 1. The summed E-state index contributed by atoms with van der Waals surface area (Å²) in [4.78, 5) is 2.33. The Balaban J connectivity index is 2.16. The van der Waals surface area contributed by atoms with Crippen molar-refractivity contribution in [3.63, 3.8) is 0 Å². The van der Waals surface area contributed by atoms with Crippen molar-refractivity contribution < 1.29 is 0 Å². The Morgan fingerprint density at radius 2 is 2.12 bits per heavy atom. The minimum Gasteiger partial charge on any atom is -0.370 e. The highest BCUT2D eigenvalue weighted by Gasteiger charge is 2.26. The van der Waals surface area contributed by atoms with Gasteiger partial charge in [0, 0.05) is 19.1 Å². The third-order valence-electron chi connectivity index (χ3n) is 3.55. The Kier molecular flexibility index (Phi) is 4.18. The van der Waals surface area contributed by atoms with Gasteiger partial charge < -0.3 is 10.2 Å². The molecule has 1 aromatic rings. The summed E-state index contributed by atoms with van der Waals surface area (Å²) in [7, 11) is 2.03. The van der Waals surface area contributed by atoms with Gasteiger partial charge in [0.05, 0.1) is 15.7 Å². The number of benzene rings is 1. The summed E-state index contributed by atoms with van der Waals surface area (Å²) < 4.78 is 0. The first-order chi connectivity index (χ1) is 8.13. The van der Waals surface area contributed by atoms with Crippen molar-refractivity contribution in [1.82, 2.24) is 5.32 Å². The third-order valence-corrected chi connectivity index (χ3v) is 4.36. The van der Waals surface area contributed by atoms with Crippen LogP contribution in [0.4, 0.5) is 5.69 Å². The molecule has 0 amide bonds. The molecule has 0 radical (unpaired) electrons. The molecule has 17 heavy (non-hydrogen) atoms. The molecule has 94 valence electrons.